The normalized spacial score (nSPS) is 10.1. The van der Waals surface area contributed by atoms with Crippen LogP contribution in [0.25, 0.3) is 0 Å². The maximum atomic E-state index is 12.3. The molecule has 2 aromatic carbocycles. The van der Waals surface area contributed by atoms with E-state index in [0.29, 0.717) is 35.9 Å². The highest BCUT2D eigenvalue weighted by Crippen LogP contribution is 2.27. The van der Waals surface area contributed by atoms with Crippen LogP contribution in [0.15, 0.2) is 42.5 Å². The van der Waals surface area contributed by atoms with E-state index in [1.54, 1.807) is 45.6 Å². The van der Waals surface area contributed by atoms with Gasteiger partial charge in [-0.3, -0.25) is 9.59 Å². The van der Waals surface area contributed by atoms with E-state index in [1.165, 1.54) is 11.8 Å². The molecule has 0 spiro atoms. The number of carbonyl (C=O) groups is 2. The van der Waals surface area contributed by atoms with Gasteiger partial charge >= 0.3 is 0 Å². The number of nitrogens with one attached hydrogen (secondary N) is 1. The third-order valence-electron chi connectivity index (χ3n) is 4.25. The Bertz CT molecular complexity index is 805. The van der Waals surface area contributed by atoms with Crippen molar-refractivity contribution in [2.24, 2.45) is 0 Å². The first-order chi connectivity index (χ1) is 13.5. The summed E-state index contributed by atoms with van der Waals surface area (Å²) in [5, 5.41) is 2.85. The van der Waals surface area contributed by atoms with Crippen molar-refractivity contribution < 1.29 is 23.8 Å². The zero-order valence-electron chi connectivity index (χ0n) is 16.7. The Morgan fingerprint density at radius 3 is 2.18 bits per heavy atom. The Labute approximate surface area is 165 Å². The smallest absolute Gasteiger partial charge is 0.240 e. The predicted octanol–water partition coefficient (Wildman–Crippen LogP) is 2.42. The highest BCUT2D eigenvalue weighted by atomic mass is 16.5. The van der Waals surface area contributed by atoms with Gasteiger partial charge < -0.3 is 24.4 Å². The van der Waals surface area contributed by atoms with Gasteiger partial charge in [-0.05, 0) is 48.4 Å². The number of rotatable bonds is 9. The second-order valence-corrected chi connectivity index (χ2v) is 6.09. The van der Waals surface area contributed by atoms with Crippen molar-refractivity contribution >= 4 is 17.5 Å². The third kappa shape index (κ3) is 5.64. The summed E-state index contributed by atoms with van der Waals surface area (Å²) >= 11 is 0. The standard InChI is InChI=1S/C21H26N2O5/c1-15(24)23(17-6-8-18(26-2)9-7-17)14-21(25)22-12-11-16-5-10-19(27-3)20(13-16)28-4/h5-10,13H,11-12,14H2,1-4H3,(H,22,25). The van der Waals surface area contributed by atoms with Crippen LogP contribution in [0.5, 0.6) is 17.2 Å². The fourth-order valence-electron chi connectivity index (χ4n) is 2.73. The molecule has 2 amide bonds. The SMILES string of the molecule is COc1ccc(N(CC(=O)NCCc2ccc(OC)c(OC)c2)C(C)=O)cc1. The van der Waals surface area contributed by atoms with Crippen LogP contribution < -0.4 is 24.4 Å². The Hall–Kier alpha value is -3.22. The number of carbonyl (C=O) groups excluding carboxylic acids is 2. The van der Waals surface area contributed by atoms with Crippen LogP contribution in [-0.2, 0) is 16.0 Å². The average molecular weight is 386 g/mol. The number of hydrogen-bond acceptors (Lipinski definition) is 5. The van der Waals surface area contributed by atoms with Crippen molar-refractivity contribution in [2.75, 3.05) is 39.3 Å². The summed E-state index contributed by atoms with van der Waals surface area (Å²) in [7, 11) is 4.74. The van der Waals surface area contributed by atoms with Crippen LogP contribution in [-0.4, -0.2) is 46.2 Å². The van der Waals surface area contributed by atoms with Crippen LogP contribution in [0.1, 0.15) is 12.5 Å². The summed E-state index contributed by atoms with van der Waals surface area (Å²) in [6, 6.07) is 12.6. The van der Waals surface area contributed by atoms with Gasteiger partial charge in [0.25, 0.3) is 0 Å². The number of anilines is 1. The van der Waals surface area contributed by atoms with Gasteiger partial charge in [-0.1, -0.05) is 6.07 Å². The third-order valence-corrected chi connectivity index (χ3v) is 4.25. The van der Waals surface area contributed by atoms with Crippen LogP contribution in [0.2, 0.25) is 0 Å². The van der Waals surface area contributed by atoms with E-state index in [9.17, 15) is 9.59 Å². The summed E-state index contributed by atoms with van der Waals surface area (Å²) in [4.78, 5) is 25.7. The van der Waals surface area contributed by atoms with Crippen molar-refractivity contribution in [3.05, 3.63) is 48.0 Å². The Balaban J connectivity index is 1.91. The van der Waals surface area contributed by atoms with Gasteiger partial charge in [-0.2, -0.15) is 0 Å². The zero-order chi connectivity index (χ0) is 20.5. The van der Waals surface area contributed by atoms with Gasteiger partial charge in [0.1, 0.15) is 12.3 Å². The molecule has 0 aliphatic heterocycles. The van der Waals surface area contributed by atoms with Gasteiger partial charge in [0.05, 0.1) is 21.3 Å². The Morgan fingerprint density at radius 2 is 1.61 bits per heavy atom. The lowest BCUT2D eigenvalue weighted by molar-refractivity contribution is -0.123. The van der Waals surface area contributed by atoms with Gasteiger partial charge in [0, 0.05) is 19.2 Å². The van der Waals surface area contributed by atoms with Crippen LogP contribution in [0.3, 0.4) is 0 Å². The van der Waals surface area contributed by atoms with E-state index in [1.807, 2.05) is 18.2 Å². The molecule has 2 aromatic rings. The number of benzene rings is 2. The molecule has 0 radical (unpaired) electrons. The molecular formula is C21H26N2O5. The lowest BCUT2D eigenvalue weighted by Gasteiger charge is -2.21. The van der Waals surface area contributed by atoms with Gasteiger partial charge in [-0.25, -0.2) is 0 Å². The van der Waals surface area contributed by atoms with Gasteiger partial charge in [0.15, 0.2) is 11.5 Å². The molecule has 0 fully saturated rings. The van der Waals surface area contributed by atoms with E-state index in [0.717, 1.165) is 5.56 Å². The number of amides is 2. The maximum absolute atomic E-state index is 12.3. The molecule has 0 saturated heterocycles. The van der Waals surface area contributed by atoms with Crippen molar-refractivity contribution in [3.8, 4) is 17.2 Å². The molecule has 0 heterocycles. The van der Waals surface area contributed by atoms with Crippen molar-refractivity contribution in [1.82, 2.24) is 5.32 Å². The molecule has 0 aliphatic rings. The second-order valence-electron chi connectivity index (χ2n) is 6.09. The lowest BCUT2D eigenvalue weighted by Crippen LogP contribution is -2.40. The highest BCUT2D eigenvalue weighted by molar-refractivity contribution is 5.97. The second kappa shape index (κ2) is 10.2. The summed E-state index contributed by atoms with van der Waals surface area (Å²) in [5.74, 6) is 1.55. The van der Waals surface area contributed by atoms with Crippen molar-refractivity contribution in [2.45, 2.75) is 13.3 Å². The summed E-state index contributed by atoms with van der Waals surface area (Å²) in [6.45, 7) is 1.83. The number of methoxy groups -OCH3 is 3. The molecule has 2 rings (SSSR count). The van der Waals surface area contributed by atoms with Gasteiger partial charge in [0.2, 0.25) is 11.8 Å². The Kier molecular flexibility index (Phi) is 7.68. The molecular weight excluding hydrogens is 360 g/mol. The lowest BCUT2D eigenvalue weighted by atomic mass is 10.1. The minimum Gasteiger partial charge on any atom is -0.497 e. The van der Waals surface area contributed by atoms with E-state index in [2.05, 4.69) is 5.32 Å². The zero-order valence-corrected chi connectivity index (χ0v) is 16.7. The first kappa shape index (κ1) is 21.1. The number of hydrogen-bond donors (Lipinski definition) is 1. The molecule has 7 heteroatoms. The first-order valence-corrected chi connectivity index (χ1v) is 8.88. The van der Waals surface area contributed by atoms with Crippen LogP contribution in [0.4, 0.5) is 5.69 Å². The van der Waals surface area contributed by atoms with E-state index >= 15 is 0 Å². The molecule has 0 bridgehead atoms. The van der Waals surface area contributed by atoms with E-state index in [-0.39, 0.29) is 18.4 Å². The average Bonchev–Trinajstić information content (AvgIpc) is 2.71. The topological polar surface area (TPSA) is 77.1 Å². The maximum Gasteiger partial charge on any atom is 0.240 e. The molecule has 0 unspecified atom stereocenters. The molecule has 7 nitrogen and oxygen atoms in total. The number of nitrogens with zero attached hydrogens (tertiary/aromatic N) is 1. The molecule has 150 valence electrons. The molecule has 1 N–H and O–H groups in total. The van der Waals surface area contributed by atoms with Crippen LogP contribution in [0, 0.1) is 0 Å². The molecule has 28 heavy (non-hydrogen) atoms. The monoisotopic (exact) mass is 386 g/mol. The fraction of sp³-hybridized carbons (Fsp3) is 0.333. The van der Waals surface area contributed by atoms with Gasteiger partial charge in [-0.15, -0.1) is 0 Å². The number of ether oxygens (including phenoxy) is 3. The minimum absolute atomic E-state index is 0.0480. The molecule has 0 aliphatic carbocycles. The summed E-state index contributed by atoms with van der Waals surface area (Å²) < 4.78 is 15.6. The quantitative estimate of drug-likeness (QED) is 0.716. The van der Waals surface area contributed by atoms with Crippen LogP contribution >= 0.6 is 0 Å². The van der Waals surface area contributed by atoms with Crippen molar-refractivity contribution in [3.63, 3.8) is 0 Å². The Morgan fingerprint density at radius 1 is 0.929 bits per heavy atom. The largest absolute Gasteiger partial charge is 0.497 e. The molecule has 0 saturated carbocycles. The summed E-state index contributed by atoms with van der Waals surface area (Å²) in [6.07, 6.45) is 0.634. The van der Waals surface area contributed by atoms with Crippen molar-refractivity contribution in [1.29, 1.82) is 0 Å². The summed E-state index contributed by atoms with van der Waals surface area (Å²) in [5.41, 5.74) is 1.65. The predicted molar refractivity (Wildman–Crippen MR) is 107 cm³/mol. The minimum atomic E-state index is -0.230. The fourth-order valence-corrected chi connectivity index (χ4v) is 2.73. The first-order valence-electron chi connectivity index (χ1n) is 8.88. The molecule has 0 atom stereocenters. The highest BCUT2D eigenvalue weighted by Gasteiger charge is 2.15. The molecule has 0 aromatic heterocycles. The van der Waals surface area contributed by atoms with E-state index in [4.69, 9.17) is 14.2 Å². The van der Waals surface area contributed by atoms with E-state index < -0.39 is 0 Å².